The Balaban J connectivity index is 2.54. The van der Waals surface area contributed by atoms with Gasteiger partial charge in [-0.05, 0) is 23.6 Å². The highest BCUT2D eigenvalue weighted by Gasteiger charge is 2.11. The SMILES string of the molecule is CN=C(NCC(C)C)NCC(OC)c1ccc(F)cc1. The van der Waals surface area contributed by atoms with Gasteiger partial charge in [0.05, 0.1) is 6.10 Å². The first kappa shape index (κ1) is 16.4. The summed E-state index contributed by atoms with van der Waals surface area (Å²) in [6, 6.07) is 6.34. The summed E-state index contributed by atoms with van der Waals surface area (Å²) in [6.45, 7) is 5.70. The highest BCUT2D eigenvalue weighted by atomic mass is 19.1. The summed E-state index contributed by atoms with van der Waals surface area (Å²) in [5, 5.41) is 6.44. The fourth-order valence-corrected chi connectivity index (χ4v) is 1.73. The van der Waals surface area contributed by atoms with Crippen LogP contribution in [0, 0.1) is 11.7 Å². The molecule has 0 amide bonds. The van der Waals surface area contributed by atoms with Crippen molar-refractivity contribution in [3.63, 3.8) is 0 Å². The van der Waals surface area contributed by atoms with Gasteiger partial charge in [0.1, 0.15) is 5.82 Å². The van der Waals surface area contributed by atoms with Gasteiger partial charge in [0.15, 0.2) is 5.96 Å². The van der Waals surface area contributed by atoms with Crippen LogP contribution in [0.3, 0.4) is 0 Å². The molecule has 0 heterocycles. The molecule has 1 unspecified atom stereocenters. The molecule has 0 saturated carbocycles. The maximum Gasteiger partial charge on any atom is 0.191 e. The van der Waals surface area contributed by atoms with Gasteiger partial charge in [-0.1, -0.05) is 26.0 Å². The molecule has 1 aromatic rings. The summed E-state index contributed by atoms with van der Waals surface area (Å²) >= 11 is 0. The number of hydrogen-bond donors (Lipinski definition) is 2. The molecule has 0 fully saturated rings. The molecule has 0 aliphatic rings. The Bertz CT molecular complexity index is 418. The molecule has 20 heavy (non-hydrogen) atoms. The zero-order valence-corrected chi connectivity index (χ0v) is 12.6. The van der Waals surface area contributed by atoms with Crippen molar-refractivity contribution in [2.24, 2.45) is 10.9 Å². The lowest BCUT2D eigenvalue weighted by molar-refractivity contribution is 0.106. The molecule has 0 aromatic heterocycles. The average Bonchev–Trinajstić information content (AvgIpc) is 2.44. The standard InChI is InChI=1S/C15H24FN3O/c1-11(2)9-18-15(17-3)19-10-14(20-4)12-5-7-13(16)8-6-12/h5-8,11,14H,9-10H2,1-4H3,(H2,17,18,19). The van der Waals surface area contributed by atoms with Gasteiger partial charge in [-0.3, -0.25) is 4.99 Å². The van der Waals surface area contributed by atoms with E-state index in [4.69, 9.17) is 4.74 Å². The van der Waals surface area contributed by atoms with Crippen molar-refractivity contribution in [2.45, 2.75) is 20.0 Å². The Morgan fingerprint density at radius 1 is 1.20 bits per heavy atom. The lowest BCUT2D eigenvalue weighted by atomic mass is 10.1. The largest absolute Gasteiger partial charge is 0.375 e. The molecule has 1 atom stereocenters. The second kappa shape index (κ2) is 8.53. The Kier molecular flexibility index (Phi) is 7.01. The van der Waals surface area contributed by atoms with E-state index in [1.807, 2.05) is 0 Å². The van der Waals surface area contributed by atoms with Crippen LogP contribution in [0.4, 0.5) is 4.39 Å². The molecule has 5 heteroatoms. The van der Waals surface area contributed by atoms with E-state index in [1.165, 1.54) is 12.1 Å². The van der Waals surface area contributed by atoms with Crippen molar-refractivity contribution in [3.8, 4) is 0 Å². The van der Waals surface area contributed by atoms with Crippen molar-refractivity contribution in [3.05, 3.63) is 35.6 Å². The van der Waals surface area contributed by atoms with Crippen LogP contribution in [0.15, 0.2) is 29.3 Å². The minimum Gasteiger partial charge on any atom is -0.375 e. The van der Waals surface area contributed by atoms with Crippen LogP contribution < -0.4 is 10.6 Å². The summed E-state index contributed by atoms with van der Waals surface area (Å²) in [4.78, 5) is 4.15. The summed E-state index contributed by atoms with van der Waals surface area (Å²) in [6.07, 6.45) is -0.145. The number of hydrogen-bond acceptors (Lipinski definition) is 2. The Morgan fingerprint density at radius 3 is 2.30 bits per heavy atom. The second-order valence-corrected chi connectivity index (χ2v) is 5.00. The van der Waals surface area contributed by atoms with Gasteiger partial charge in [0.25, 0.3) is 0 Å². The molecular weight excluding hydrogens is 257 g/mol. The summed E-state index contributed by atoms with van der Waals surface area (Å²) in [7, 11) is 3.37. The Morgan fingerprint density at radius 2 is 1.80 bits per heavy atom. The fraction of sp³-hybridized carbons (Fsp3) is 0.533. The molecule has 0 radical (unpaired) electrons. The van der Waals surface area contributed by atoms with Crippen molar-refractivity contribution in [1.82, 2.24) is 10.6 Å². The number of aliphatic imine (C=N–C) groups is 1. The number of benzene rings is 1. The summed E-state index contributed by atoms with van der Waals surface area (Å²) in [5.74, 6) is 1.04. The zero-order chi connectivity index (χ0) is 15.0. The molecule has 0 aliphatic heterocycles. The van der Waals surface area contributed by atoms with Gasteiger partial charge in [-0.25, -0.2) is 4.39 Å². The van der Waals surface area contributed by atoms with Crippen LogP contribution in [-0.2, 0) is 4.74 Å². The van der Waals surface area contributed by atoms with Gasteiger partial charge in [-0.15, -0.1) is 0 Å². The minimum atomic E-state index is -0.244. The summed E-state index contributed by atoms with van der Waals surface area (Å²) < 4.78 is 18.3. The molecule has 0 saturated heterocycles. The van der Waals surface area contributed by atoms with E-state index in [9.17, 15) is 4.39 Å². The minimum absolute atomic E-state index is 0.145. The third-order valence-corrected chi connectivity index (χ3v) is 2.88. The van der Waals surface area contributed by atoms with Crippen molar-refractivity contribution >= 4 is 5.96 Å². The summed E-state index contributed by atoms with van der Waals surface area (Å²) in [5.41, 5.74) is 0.931. The quantitative estimate of drug-likeness (QED) is 0.621. The Labute approximate surface area is 120 Å². The number of guanidine groups is 1. The zero-order valence-electron chi connectivity index (χ0n) is 12.6. The maximum absolute atomic E-state index is 12.9. The maximum atomic E-state index is 12.9. The highest BCUT2D eigenvalue weighted by Crippen LogP contribution is 2.15. The van der Waals surface area contributed by atoms with E-state index in [-0.39, 0.29) is 11.9 Å². The van der Waals surface area contributed by atoms with Gasteiger partial charge in [0.2, 0.25) is 0 Å². The van der Waals surface area contributed by atoms with Crippen molar-refractivity contribution in [2.75, 3.05) is 27.2 Å². The number of ether oxygens (including phenoxy) is 1. The van der Waals surface area contributed by atoms with Crippen molar-refractivity contribution < 1.29 is 9.13 Å². The van der Waals surface area contributed by atoms with Crippen LogP contribution in [-0.4, -0.2) is 33.2 Å². The molecule has 1 rings (SSSR count). The number of halogens is 1. The van der Waals surface area contributed by atoms with Crippen LogP contribution in [0.5, 0.6) is 0 Å². The smallest absolute Gasteiger partial charge is 0.191 e. The average molecular weight is 281 g/mol. The van der Waals surface area contributed by atoms with E-state index in [2.05, 4.69) is 29.5 Å². The number of nitrogens with zero attached hydrogens (tertiary/aromatic N) is 1. The van der Waals surface area contributed by atoms with E-state index < -0.39 is 0 Å². The van der Waals surface area contributed by atoms with Gasteiger partial charge in [0, 0.05) is 27.2 Å². The first-order valence-corrected chi connectivity index (χ1v) is 6.79. The normalized spacial score (nSPS) is 13.4. The van der Waals surface area contributed by atoms with E-state index in [1.54, 1.807) is 26.3 Å². The molecule has 2 N–H and O–H groups in total. The number of methoxy groups -OCH3 is 1. The molecule has 0 bridgehead atoms. The third-order valence-electron chi connectivity index (χ3n) is 2.88. The monoisotopic (exact) mass is 281 g/mol. The van der Waals surface area contributed by atoms with Crippen LogP contribution in [0.1, 0.15) is 25.5 Å². The fourth-order valence-electron chi connectivity index (χ4n) is 1.73. The van der Waals surface area contributed by atoms with Crippen LogP contribution in [0.25, 0.3) is 0 Å². The Hall–Kier alpha value is -1.62. The highest BCUT2D eigenvalue weighted by molar-refractivity contribution is 5.79. The molecule has 0 spiro atoms. The van der Waals surface area contributed by atoms with Gasteiger partial charge in [-0.2, -0.15) is 0 Å². The van der Waals surface area contributed by atoms with Gasteiger partial charge >= 0.3 is 0 Å². The van der Waals surface area contributed by atoms with E-state index in [0.29, 0.717) is 12.5 Å². The molecule has 0 aliphatic carbocycles. The number of nitrogens with one attached hydrogen (secondary N) is 2. The van der Waals surface area contributed by atoms with Gasteiger partial charge < -0.3 is 15.4 Å². The predicted molar refractivity (Wildman–Crippen MR) is 80.4 cm³/mol. The number of rotatable bonds is 6. The van der Waals surface area contributed by atoms with Crippen molar-refractivity contribution in [1.29, 1.82) is 0 Å². The molecular formula is C15H24FN3O. The first-order valence-electron chi connectivity index (χ1n) is 6.79. The predicted octanol–water partition coefficient (Wildman–Crippen LogP) is 2.33. The lowest BCUT2D eigenvalue weighted by Crippen LogP contribution is -2.41. The molecule has 4 nitrogen and oxygen atoms in total. The molecule has 1 aromatic carbocycles. The van der Waals surface area contributed by atoms with Crippen LogP contribution >= 0.6 is 0 Å². The second-order valence-electron chi connectivity index (χ2n) is 5.00. The van der Waals surface area contributed by atoms with E-state index in [0.717, 1.165) is 18.1 Å². The topological polar surface area (TPSA) is 45.7 Å². The lowest BCUT2D eigenvalue weighted by Gasteiger charge is -2.19. The third kappa shape index (κ3) is 5.57. The molecule has 112 valence electrons. The van der Waals surface area contributed by atoms with E-state index >= 15 is 0 Å². The first-order chi connectivity index (χ1) is 9.56. The van der Waals surface area contributed by atoms with Crippen LogP contribution in [0.2, 0.25) is 0 Å².